The van der Waals surface area contributed by atoms with Crippen LogP contribution in [0.4, 0.5) is 5.82 Å². The Labute approximate surface area is 110 Å². The first-order valence-corrected chi connectivity index (χ1v) is 5.95. The minimum absolute atomic E-state index is 0.130. The highest BCUT2D eigenvalue weighted by atomic mass is 32.1. The highest BCUT2D eigenvalue weighted by Crippen LogP contribution is 2.30. The third-order valence-corrected chi connectivity index (χ3v) is 3.74. The van der Waals surface area contributed by atoms with Crippen molar-refractivity contribution in [1.82, 2.24) is 19.7 Å². The standard InChI is InChI=1S/C8H6N6O2S2/c1-13-5(14(15)16)3-10-7(13)6(17)8-12-11-4(2-9)18-8/h3,6,17H,1H3. The van der Waals surface area contributed by atoms with Gasteiger partial charge in [-0.15, -0.1) is 10.2 Å². The van der Waals surface area contributed by atoms with Crippen molar-refractivity contribution in [3.8, 4) is 6.07 Å². The van der Waals surface area contributed by atoms with Crippen LogP contribution in [0.2, 0.25) is 0 Å². The maximum Gasteiger partial charge on any atom is 0.342 e. The molecule has 10 heteroatoms. The molecule has 0 aliphatic rings. The first kappa shape index (κ1) is 12.5. The van der Waals surface area contributed by atoms with Crippen molar-refractivity contribution in [2.45, 2.75) is 5.25 Å². The van der Waals surface area contributed by atoms with Crippen molar-refractivity contribution in [2.75, 3.05) is 0 Å². The topological polar surface area (TPSA) is 111 Å². The van der Waals surface area contributed by atoms with E-state index < -0.39 is 10.2 Å². The third kappa shape index (κ3) is 2.05. The molecule has 8 nitrogen and oxygen atoms in total. The van der Waals surface area contributed by atoms with E-state index in [2.05, 4.69) is 27.8 Å². The molecule has 0 amide bonds. The Balaban J connectivity index is 2.37. The Hall–Kier alpha value is -1.99. The molecule has 0 aromatic carbocycles. The number of imidazole rings is 1. The molecule has 2 rings (SSSR count). The van der Waals surface area contributed by atoms with Gasteiger partial charge in [-0.25, -0.2) is 9.55 Å². The Bertz CT molecular complexity index is 642. The van der Waals surface area contributed by atoms with Crippen LogP contribution >= 0.6 is 24.0 Å². The summed E-state index contributed by atoms with van der Waals surface area (Å²) in [5.41, 5.74) is 0. The summed E-state index contributed by atoms with van der Waals surface area (Å²) in [6, 6.07) is 1.87. The highest BCUT2D eigenvalue weighted by molar-refractivity contribution is 7.80. The zero-order valence-electron chi connectivity index (χ0n) is 9.01. The van der Waals surface area contributed by atoms with Gasteiger partial charge in [-0.1, -0.05) is 11.3 Å². The molecule has 2 aromatic heterocycles. The summed E-state index contributed by atoms with van der Waals surface area (Å²) in [7, 11) is 1.52. The average molecular weight is 282 g/mol. The quantitative estimate of drug-likeness (QED) is 0.512. The van der Waals surface area contributed by atoms with Gasteiger partial charge in [-0.2, -0.15) is 17.9 Å². The summed E-state index contributed by atoms with van der Waals surface area (Å²) in [5, 5.41) is 26.9. The summed E-state index contributed by atoms with van der Waals surface area (Å²) in [6.45, 7) is 0. The van der Waals surface area contributed by atoms with Gasteiger partial charge in [0.05, 0.1) is 7.05 Å². The van der Waals surface area contributed by atoms with Gasteiger partial charge in [0.15, 0.2) is 0 Å². The van der Waals surface area contributed by atoms with Gasteiger partial charge in [-0.05, 0) is 4.92 Å². The monoisotopic (exact) mass is 282 g/mol. The third-order valence-electron chi connectivity index (χ3n) is 2.20. The number of hydrogen-bond acceptors (Lipinski definition) is 8. The van der Waals surface area contributed by atoms with Crippen LogP contribution in [-0.2, 0) is 7.05 Å². The van der Waals surface area contributed by atoms with Crippen LogP contribution in [0.25, 0.3) is 0 Å². The van der Waals surface area contributed by atoms with Crippen LogP contribution in [0.15, 0.2) is 6.20 Å². The molecule has 0 radical (unpaired) electrons. The first-order valence-electron chi connectivity index (χ1n) is 4.62. The number of nitriles is 1. The molecule has 18 heavy (non-hydrogen) atoms. The van der Waals surface area contributed by atoms with Crippen molar-refractivity contribution < 1.29 is 4.92 Å². The Morgan fingerprint density at radius 2 is 2.39 bits per heavy atom. The van der Waals surface area contributed by atoms with Gasteiger partial charge in [-0.3, -0.25) is 0 Å². The fraction of sp³-hybridized carbons (Fsp3) is 0.250. The number of nitro groups is 1. The van der Waals surface area contributed by atoms with Gasteiger partial charge >= 0.3 is 5.82 Å². The molecule has 2 heterocycles. The molecule has 0 aliphatic carbocycles. The number of aromatic nitrogens is 4. The molecule has 0 fully saturated rings. The van der Waals surface area contributed by atoms with E-state index in [4.69, 9.17) is 5.26 Å². The molecule has 0 N–H and O–H groups in total. The molecule has 92 valence electrons. The molecule has 0 bridgehead atoms. The molecule has 0 aliphatic heterocycles. The van der Waals surface area contributed by atoms with Crippen molar-refractivity contribution in [1.29, 1.82) is 5.26 Å². The lowest BCUT2D eigenvalue weighted by atomic mass is 10.4. The van der Waals surface area contributed by atoms with Crippen molar-refractivity contribution in [2.24, 2.45) is 7.05 Å². The van der Waals surface area contributed by atoms with E-state index in [9.17, 15) is 10.1 Å². The number of thiol groups is 1. The van der Waals surface area contributed by atoms with Crippen LogP contribution in [0.1, 0.15) is 21.1 Å². The van der Waals surface area contributed by atoms with Crippen LogP contribution in [0.3, 0.4) is 0 Å². The molecule has 1 atom stereocenters. The van der Waals surface area contributed by atoms with E-state index in [1.54, 1.807) is 0 Å². The summed E-state index contributed by atoms with van der Waals surface area (Å²) in [5.74, 6) is 0.250. The highest BCUT2D eigenvalue weighted by Gasteiger charge is 2.26. The Kier molecular flexibility index (Phi) is 3.26. The van der Waals surface area contributed by atoms with E-state index in [-0.39, 0.29) is 10.8 Å². The second-order valence-electron chi connectivity index (χ2n) is 3.25. The SMILES string of the molecule is Cn1c([N+](=O)[O-])cnc1C(S)c1nnc(C#N)s1. The van der Waals surface area contributed by atoms with Gasteiger partial charge in [0.2, 0.25) is 10.8 Å². The molecule has 2 aromatic rings. The fourth-order valence-corrected chi connectivity index (χ4v) is 2.41. The number of rotatable bonds is 3. The zero-order chi connectivity index (χ0) is 13.3. The Morgan fingerprint density at radius 3 is 2.89 bits per heavy atom. The van der Waals surface area contributed by atoms with Gasteiger partial charge < -0.3 is 10.1 Å². The second kappa shape index (κ2) is 4.71. The number of nitrogens with zero attached hydrogens (tertiary/aromatic N) is 6. The van der Waals surface area contributed by atoms with E-state index in [0.29, 0.717) is 10.8 Å². The first-order chi connectivity index (χ1) is 8.54. The molecule has 0 saturated carbocycles. The van der Waals surface area contributed by atoms with E-state index in [1.165, 1.54) is 11.6 Å². The molecule has 0 spiro atoms. The summed E-state index contributed by atoms with van der Waals surface area (Å²) >= 11 is 5.38. The summed E-state index contributed by atoms with van der Waals surface area (Å²) < 4.78 is 1.32. The molecular formula is C8H6N6O2S2. The molecule has 0 saturated heterocycles. The lowest BCUT2D eigenvalue weighted by molar-refractivity contribution is -0.391. The van der Waals surface area contributed by atoms with E-state index in [0.717, 1.165) is 17.5 Å². The van der Waals surface area contributed by atoms with Crippen LogP contribution in [0.5, 0.6) is 0 Å². The van der Waals surface area contributed by atoms with Crippen LogP contribution in [-0.4, -0.2) is 24.7 Å². The molecular weight excluding hydrogens is 276 g/mol. The van der Waals surface area contributed by atoms with E-state index >= 15 is 0 Å². The van der Waals surface area contributed by atoms with Crippen molar-refractivity contribution >= 4 is 29.8 Å². The smallest absolute Gasteiger partial charge is 0.342 e. The second-order valence-corrected chi connectivity index (χ2v) is 4.78. The van der Waals surface area contributed by atoms with Crippen molar-refractivity contribution in [3.63, 3.8) is 0 Å². The molecule has 1 unspecified atom stereocenters. The fourth-order valence-electron chi connectivity index (χ4n) is 1.34. The van der Waals surface area contributed by atoms with Gasteiger partial charge in [0.25, 0.3) is 0 Å². The maximum atomic E-state index is 10.7. The van der Waals surface area contributed by atoms with Crippen molar-refractivity contribution in [3.05, 3.63) is 32.2 Å². The zero-order valence-corrected chi connectivity index (χ0v) is 10.7. The summed E-state index contributed by atoms with van der Waals surface area (Å²) in [4.78, 5) is 14.1. The summed E-state index contributed by atoms with van der Waals surface area (Å²) in [6.07, 6.45) is 1.16. The van der Waals surface area contributed by atoms with Crippen LogP contribution < -0.4 is 0 Å². The minimum Gasteiger partial charge on any atom is -0.358 e. The average Bonchev–Trinajstić information content (AvgIpc) is 2.94. The van der Waals surface area contributed by atoms with Gasteiger partial charge in [0.1, 0.15) is 22.5 Å². The lowest BCUT2D eigenvalue weighted by Crippen LogP contribution is -2.05. The predicted octanol–water partition coefficient (Wildman–Crippen LogP) is 1.07. The minimum atomic E-state index is -0.553. The number of hydrogen-bond donors (Lipinski definition) is 1. The van der Waals surface area contributed by atoms with Crippen LogP contribution in [0, 0.1) is 21.4 Å². The van der Waals surface area contributed by atoms with Gasteiger partial charge in [0, 0.05) is 0 Å². The predicted molar refractivity (Wildman–Crippen MR) is 65.3 cm³/mol. The lowest BCUT2D eigenvalue weighted by Gasteiger charge is -2.03. The largest absolute Gasteiger partial charge is 0.358 e. The van der Waals surface area contributed by atoms with E-state index in [1.807, 2.05) is 6.07 Å². The normalized spacial score (nSPS) is 12.1. The Morgan fingerprint density at radius 1 is 1.67 bits per heavy atom. The maximum absolute atomic E-state index is 10.7.